The van der Waals surface area contributed by atoms with Gasteiger partial charge in [0.1, 0.15) is 5.82 Å². The van der Waals surface area contributed by atoms with Crippen molar-refractivity contribution in [1.29, 1.82) is 0 Å². The summed E-state index contributed by atoms with van der Waals surface area (Å²) in [5.74, 6) is 0.350. The van der Waals surface area contributed by atoms with Gasteiger partial charge >= 0.3 is 0 Å². The second kappa shape index (κ2) is 6.86. The summed E-state index contributed by atoms with van der Waals surface area (Å²) in [5, 5.41) is 0. The Labute approximate surface area is 136 Å². The van der Waals surface area contributed by atoms with Gasteiger partial charge in [-0.05, 0) is 41.2 Å². The summed E-state index contributed by atoms with van der Waals surface area (Å²) in [6.07, 6.45) is 1.14. The molecule has 2 rings (SSSR count). The van der Waals surface area contributed by atoms with Crippen LogP contribution in [0, 0.1) is 5.82 Å². The highest BCUT2D eigenvalue weighted by Gasteiger charge is 2.14. The lowest BCUT2D eigenvalue weighted by atomic mass is 9.96. The molecule has 2 aromatic carbocycles. The van der Waals surface area contributed by atoms with E-state index < -0.39 is 0 Å². The molecule has 0 saturated carbocycles. The Balaban J connectivity index is 2.26. The molecule has 0 aliphatic heterocycles. The first-order chi connectivity index (χ1) is 9.52. The van der Waals surface area contributed by atoms with E-state index in [1.54, 1.807) is 6.07 Å². The molecule has 106 valence electrons. The van der Waals surface area contributed by atoms with E-state index in [2.05, 4.69) is 70.0 Å². The average molecular weight is 400 g/mol. The van der Waals surface area contributed by atoms with Gasteiger partial charge in [-0.3, -0.25) is 0 Å². The van der Waals surface area contributed by atoms with Gasteiger partial charge in [0.2, 0.25) is 0 Å². The van der Waals surface area contributed by atoms with Crippen LogP contribution in [0.3, 0.4) is 0 Å². The molecule has 0 aliphatic carbocycles. The molecule has 3 heteroatoms. The minimum absolute atomic E-state index is 0.0588. The molecular formula is C17H17Br2F. The third-order valence-electron chi connectivity index (χ3n) is 3.65. The maximum absolute atomic E-state index is 13.1. The molecule has 0 saturated heterocycles. The molecule has 0 aromatic heterocycles. The predicted octanol–water partition coefficient (Wildman–Crippen LogP) is 6.59. The van der Waals surface area contributed by atoms with Crippen molar-refractivity contribution in [2.75, 3.05) is 0 Å². The van der Waals surface area contributed by atoms with Crippen LogP contribution in [0.4, 0.5) is 4.39 Å². The molecule has 20 heavy (non-hydrogen) atoms. The molecule has 0 fully saturated rings. The minimum Gasteiger partial charge on any atom is -0.207 e. The molecule has 0 aliphatic rings. The average Bonchev–Trinajstić information content (AvgIpc) is 2.46. The lowest BCUT2D eigenvalue weighted by molar-refractivity contribution is 0.626. The second-order valence-electron chi connectivity index (χ2n) is 5.00. The van der Waals surface area contributed by atoms with Crippen LogP contribution in [-0.2, 0) is 0 Å². The maximum atomic E-state index is 13.1. The lowest BCUT2D eigenvalue weighted by Crippen LogP contribution is -1.96. The van der Waals surface area contributed by atoms with Crippen LogP contribution in [-0.4, -0.2) is 0 Å². The molecule has 0 amide bonds. The first-order valence-corrected chi connectivity index (χ1v) is 8.42. The Morgan fingerprint density at radius 2 is 1.65 bits per heavy atom. The summed E-state index contributed by atoms with van der Waals surface area (Å²) in [4.78, 5) is 0.0588. The number of hydrogen-bond donors (Lipinski definition) is 0. The van der Waals surface area contributed by atoms with Crippen molar-refractivity contribution in [2.45, 2.75) is 31.0 Å². The molecule has 0 nitrogen and oxygen atoms in total. The lowest BCUT2D eigenvalue weighted by Gasteiger charge is -2.15. The van der Waals surface area contributed by atoms with Gasteiger partial charge in [0.25, 0.3) is 0 Å². The fourth-order valence-electron chi connectivity index (χ4n) is 2.12. The Morgan fingerprint density at radius 1 is 1.05 bits per heavy atom. The van der Waals surface area contributed by atoms with Gasteiger partial charge in [-0.1, -0.05) is 76.0 Å². The van der Waals surface area contributed by atoms with Crippen LogP contribution in [0.2, 0.25) is 0 Å². The zero-order valence-corrected chi connectivity index (χ0v) is 14.7. The van der Waals surface area contributed by atoms with Gasteiger partial charge in [0, 0.05) is 4.47 Å². The third kappa shape index (κ3) is 3.50. The predicted molar refractivity (Wildman–Crippen MR) is 90.0 cm³/mol. The topological polar surface area (TPSA) is 0 Å². The summed E-state index contributed by atoms with van der Waals surface area (Å²) in [5.41, 5.74) is 3.56. The zero-order chi connectivity index (χ0) is 14.7. The van der Waals surface area contributed by atoms with Gasteiger partial charge in [-0.15, -0.1) is 0 Å². The highest BCUT2D eigenvalue weighted by atomic mass is 79.9. The number of hydrogen-bond acceptors (Lipinski definition) is 0. The van der Waals surface area contributed by atoms with Gasteiger partial charge in [-0.2, -0.15) is 0 Å². The summed E-state index contributed by atoms with van der Waals surface area (Å²) < 4.78 is 13.9. The van der Waals surface area contributed by atoms with E-state index >= 15 is 0 Å². The van der Waals surface area contributed by atoms with Crippen molar-refractivity contribution in [2.24, 2.45) is 0 Å². The van der Waals surface area contributed by atoms with E-state index in [0.29, 0.717) is 5.92 Å². The van der Waals surface area contributed by atoms with Crippen molar-refractivity contribution >= 4 is 31.9 Å². The monoisotopic (exact) mass is 398 g/mol. The highest BCUT2D eigenvalue weighted by Crippen LogP contribution is 2.36. The fourth-order valence-corrected chi connectivity index (χ4v) is 3.71. The van der Waals surface area contributed by atoms with Crippen LogP contribution in [0.5, 0.6) is 0 Å². The van der Waals surface area contributed by atoms with Gasteiger partial charge in [0.05, 0.1) is 4.83 Å². The number of alkyl halides is 1. The van der Waals surface area contributed by atoms with Crippen LogP contribution < -0.4 is 0 Å². The van der Waals surface area contributed by atoms with Crippen LogP contribution in [0.15, 0.2) is 46.9 Å². The van der Waals surface area contributed by atoms with Crippen LogP contribution >= 0.6 is 31.9 Å². The Hall–Kier alpha value is -0.670. The van der Waals surface area contributed by atoms with E-state index in [1.807, 2.05) is 0 Å². The molecule has 2 aromatic rings. The highest BCUT2D eigenvalue weighted by molar-refractivity contribution is 9.11. The van der Waals surface area contributed by atoms with Crippen LogP contribution in [0.25, 0.3) is 0 Å². The first kappa shape index (κ1) is 15.7. The van der Waals surface area contributed by atoms with Gasteiger partial charge in [-0.25, -0.2) is 4.39 Å². The van der Waals surface area contributed by atoms with Crippen LogP contribution in [0.1, 0.15) is 47.7 Å². The van der Waals surface area contributed by atoms with Crippen molar-refractivity contribution < 1.29 is 4.39 Å². The number of halogens is 3. The Bertz CT molecular complexity index is 578. The van der Waals surface area contributed by atoms with E-state index in [9.17, 15) is 4.39 Å². The third-order valence-corrected chi connectivity index (χ3v) is 5.35. The maximum Gasteiger partial charge on any atom is 0.124 e. The van der Waals surface area contributed by atoms with Crippen molar-refractivity contribution in [3.8, 4) is 0 Å². The standard InChI is InChI=1S/C17H17Br2F/c1-3-11(2)12-4-6-13(7-5-12)17(19)15-9-8-14(20)10-16(15)18/h4-11,17H,3H2,1-2H3. The molecule has 2 atom stereocenters. The smallest absolute Gasteiger partial charge is 0.124 e. The quantitative estimate of drug-likeness (QED) is 0.509. The minimum atomic E-state index is -0.229. The summed E-state index contributed by atoms with van der Waals surface area (Å²) in [7, 11) is 0. The largest absolute Gasteiger partial charge is 0.207 e. The van der Waals surface area contributed by atoms with Crippen molar-refractivity contribution in [3.05, 3.63) is 69.4 Å². The Morgan fingerprint density at radius 3 is 2.20 bits per heavy atom. The van der Waals surface area contributed by atoms with E-state index in [4.69, 9.17) is 0 Å². The number of benzene rings is 2. The molecule has 0 spiro atoms. The molecule has 0 heterocycles. The van der Waals surface area contributed by atoms with E-state index in [-0.39, 0.29) is 10.6 Å². The normalized spacial score (nSPS) is 14.1. The zero-order valence-electron chi connectivity index (χ0n) is 11.5. The first-order valence-electron chi connectivity index (χ1n) is 6.71. The van der Waals surface area contributed by atoms with E-state index in [1.165, 1.54) is 23.3 Å². The van der Waals surface area contributed by atoms with E-state index in [0.717, 1.165) is 16.5 Å². The van der Waals surface area contributed by atoms with Crippen molar-refractivity contribution in [1.82, 2.24) is 0 Å². The summed E-state index contributed by atoms with van der Waals surface area (Å²) in [6.45, 7) is 4.43. The SMILES string of the molecule is CCC(C)c1ccc(C(Br)c2ccc(F)cc2Br)cc1. The van der Waals surface area contributed by atoms with Gasteiger partial charge in [0.15, 0.2) is 0 Å². The second-order valence-corrected chi connectivity index (χ2v) is 6.77. The molecule has 0 N–H and O–H groups in total. The molecule has 0 radical (unpaired) electrons. The summed E-state index contributed by atoms with van der Waals surface area (Å²) in [6, 6.07) is 13.4. The molecule has 2 unspecified atom stereocenters. The van der Waals surface area contributed by atoms with Crippen molar-refractivity contribution in [3.63, 3.8) is 0 Å². The molecule has 0 bridgehead atoms. The summed E-state index contributed by atoms with van der Waals surface area (Å²) >= 11 is 7.12. The molecular weight excluding hydrogens is 383 g/mol. The fraction of sp³-hybridized carbons (Fsp3) is 0.294. The van der Waals surface area contributed by atoms with Gasteiger partial charge < -0.3 is 0 Å². The number of rotatable bonds is 4. The Kier molecular flexibility index (Phi) is 5.39.